The van der Waals surface area contributed by atoms with E-state index in [9.17, 15) is 10.2 Å². The molecule has 1 aromatic carbocycles. The van der Waals surface area contributed by atoms with E-state index in [-0.39, 0.29) is 11.3 Å². The molecule has 0 saturated carbocycles. The SMILES string of the molecule is CC(C)c1ccc2c(c1)C(C)(C)[C@]2(O)C(C)(C)[C@@H](O)C(C)C. The molecule has 124 valence electrons. The van der Waals surface area contributed by atoms with Crippen molar-refractivity contribution in [3.8, 4) is 0 Å². The van der Waals surface area contributed by atoms with Gasteiger partial charge in [0.2, 0.25) is 0 Å². The lowest BCUT2D eigenvalue weighted by Crippen LogP contribution is -2.66. The molecular formula is C20H32O2. The fraction of sp³-hybridized carbons (Fsp3) is 0.700. The summed E-state index contributed by atoms with van der Waals surface area (Å²) in [5.74, 6) is 0.581. The van der Waals surface area contributed by atoms with E-state index in [2.05, 4.69) is 45.9 Å². The predicted octanol–water partition coefficient (Wildman–Crippen LogP) is 4.33. The van der Waals surface area contributed by atoms with E-state index in [0.29, 0.717) is 5.92 Å². The van der Waals surface area contributed by atoms with Crippen LogP contribution in [-0.2, 0) is 11.0 Å². The van der Waals surface area contributed by atoms with Crippen LogP contribution in [0.2, 0.25) is 0 Å². The Morgan fingerprint density at radius 3 is 2.00 bits per heavy atom. The average molecular weight is 304 g/mol. The highest BCUT2D eigenvalue weighted by atomic mass is 16.3. The van der Waals surface area contributed by atoms with Gasteiger partial charge in [-0.1, -0.05) is 73.6 Å². The smallest absolute Gasteiger partial charge is 0.107 e. The minimum atomic E-state index is -1.02. The third-order valence-electron chi connectivity index (χ3n) is 5.98. The van der Waals surface area contributed by atoms with Crippen LogP contribution in [0.15, 0.2) is 18.2 Å². The molecule has 0 radical (unpaired) electrons. The zero-order valence-electron chi connectivity index (χ0n) is 15.4. The van der Waals surface area contributed by atoms with Crippen molar-refractivity contribution in [1.29, 1.82) is 0 Å². The molecule has 1 aromatic rings. The van der Waals surface area contributed by atoms with E-state index in [1.807, 2.05) is 27.7 Å². The largest absolute Gasteiger partial charge is 0.392 e. The van der Waals surface area contributed by atoms with Crippen molar-refractivity contribution in [3.63, 3.8) is 0 Å². The second kappa shape index (κ2) is 5.07. The zero-order chi connectivity index (χ0) is 17.1. The monoisotopic (exact) mass is 304 g/mol. The Bertz CT molecular complexity index is 569. The lowest BCUT2D eigenvalue weighted by molar-refractivity contribution is -0.199. The van der Waals surface area contributed by atoms with Gasteiger partial charge in [0.1, 0.15) is 5.60 Å². The van der Waals surface area contributed by atoms with Crippen LogP contribution in [0.1, 0.15) is 78.0 Å². The molecule has 0 aliphatic heterocycles. The summed E-state index contributed by atoms with van der Waals surface area (Å²) in [7, 11) is 0. The van der Waals surface area contributed by atoms with Crippen molar-refractivity contribution >= 4 is 0 Å². The van der Waals surface area contributed by atoms with Crippen LogP contribution >= 0.6 is 0 Å². The fourth-order valence-electron chi connectivity index (χ4n) is 4.42. The molecule has 2 rings (SSSR count). The number of fused-ring (bicyclic) bond motifs is 1. The molecule has 22 heavy (non-hydrogen) atoms. The summed E-state index contributed by atoms with van der Waals surface area (Å²) in [5.41, 5.74) is 1.49. The quantitative estimate of drug-likeness (QED) is 0.869. The molecular weight excluding hydrogens is 272 g/mol. The van der Waals surface area contributed by atoms with Gasteiger partial charge in [0.05, 0.1) is 6.10 Å². The summed E-state index contributed by atoms with van der Waals surface area (Å²) in [6.07, 6.45) is -0.560. The van der Waals surface area contributed by atoms with Crippen molar-refractivity contribution in [2.75, 3.05) is 0 Å². The average Bonchev–Trinajstić information content (AvgIpc) is 2.44. The second-order valence-corrected chi connectivity index (χ2v) is 8.71. The highest BCUT2D eigenvalue weighted by molar-refractivity contribution is 5.55. The van der Waals surface area contributed by atoms with Crippen molar-refractivity contribution in [3.05, 3.63) is 34.9 Å². The number of benzene rings is 1. The first-order valence-corrected chi connectivity index (χ1v) is 8.44. The maximum Gasteiger partial charge on any atom is 0.107 e. The van der Waals surface area contributed by atoms with Crippen LogP contribution in [0, 0.1) is 11.3 Å². The fourth-order valence-corrected chi connectivity index (χ4v) is 4.42. The molecule has 2 atom stereocenters. The van der Waals surface area contributed by atoms with Gasteiger partial charge in [-0.3, -0.25) is 0 Å². The normalized spacial score (nSPS) is 25.1. The Labute approximate surface area is 135 Å². The van der Waals surface area contributed by atoms with E-state index >= 15 is 0 Å². The predicted molar refractivity (Wildman–Crippen MR) is 92.1 cm³/mol. The minimum Gasteiger partial charge on any atom is -0.392 e. The van der Waals surface area contributed by atoms with Gasteiger partial charge < -0.3 is 10.2 Å². The molecule has 0 spiro atoms. The maximum absolute atomic E-state index is 11.6. The van der Waals surface area contributed by atoms with Crippen LogP contribution < -0.4 is 0 Å². The van der Waals surface area contributed by atoms with Crippen LogP contribution in [0.5, 0.6) is 0 Å². The summed E-state index contributed by atoms with van der Waals surface area (Å²) >= 11 is 0. The van der Waals surface area contributed by atoms with E-state index in [0.717, 1.165) is 5.56 Å². The summed E-state index contributed by atoms with van der Waals surface area (Å²) < 4.78 is 0. The molecule has 1 aliphatic rings. The number of hydrogen-bond donors (Lipinski definition) is 2. The Morgan fingerprint density at radius 1 is 1.00 bits per heavy atom. The van der Waals surface area contributed by atoms with Crippen LogP contribution in [-0.4, -0.2) is 16.3 Å². The Kier molecular flexibility index (Phi) is 4.03. The van der Waals surface area contributed by atoms with Gasteiger partial charge in [0.25, 0.3) is 0 Å². The highest BCUT2D eigenvalue weighted by Crippen LogP contribution is 2.63. The lowest BCUT2D eigenvalue weighted by atomic mass is 9.45. The molecule has 0 heterocycles. The van der Waals surface area contributed by atoms with Crippen molar-refractivity contribution < 1.29 is 10.2 Å². The van der Waals surface area contributed by atoms with E-state index in [1.165, 1.54) is 11.1 Å². The number of hydrogen-bond acceptors (Lipinski definition) is 2. The molecule has 0 aromatic heterocycles. The Morgan fingerprint density at radius 2 is 1.55 bits per heavy atom. The first kappa shape index (κ1) is 17.5. The molecule has 0 bridgehead atoms. The van der Waals surface area contributed by atoms with Gasteiger partial charge in [-0.2, -0.15) is 0 Å². The minimum absolute atomic E-state index is 0.105. The van der Waals surface area contributed by atoms with Gasteiger partial charge in [-0.05, 0) is 28.5 Å². The van der Waals surface area contributed by atoms with Crippen LogP contribution in [0.3, 0.4) is 0 Å². The summed E-state index contributed by atoms with van der Waals surface area (Å²) in [6.45, 7) is 16.5. The number of aliphatic hydroxyl groups excluding tert-OH is 1. The molecule has 0 amide bonds. The standard InChI is InChI=1S/C20H32O2/c1-12(2)14-9-10-15-16(11-14)18(5,6)20(15,22)19(7,8)17(21)13(3)4/h9-13,17,21-22H,1-8H3/t17-,20-/m0/s1. The first-order chi connectivity index (χ1) is 9.89. The molecule has 2 heteroatoms. The van der Waals surface area contributed by atoms with Crippen molar-refractivity contribution in [1.82, 2.24) is 0 Å². The second-order valence-electron chi connectivity index (χ2n) is 8.71. The summed E-state index contributed by atoms with van der Waals surface area (Å²) in [5, 5.41) is 22.3. The van der Waals surface area contributed by atoms with Crippen molar-refractivity contribution in [2.45, 2.75) is 78.4 Å². The number of aliphatic hydroxyl groups is 2. The Hall–Kier alpha value is -0.860. The number of rotatable bonds is 4. The molecule has 2 nitrogen and oxygen atoms in total. The topological polar surface area (TPSA) is 40.5 Å². The molecule has 0 saturated heterocycles. The van der Waals surface area contributed by atoms with Crippen molar-refractivity contribution in [2.24, 2.45) is 11.3 Å². The molecule has 1 aliphatic carbocycles. The van der Waals surface area contributed by atoms with Gasteiger partial charge in [0.15, 0.2) is 0 Å². The molecule has 0 unspecified atom stereocenters. The van der Waals surface area contributed by atoms with E-state index < -0.39 is 17.1 Å². The lowest BCUT2D eigenvalue weighted by Gasteiger charge is -2.63. The zero-order valence-corrected chi connectivity index (χ0v) is 15.4. The molecule has 0 fully saturated rings. The van der Waals surface area contributed by atoms with Crippen LogP contribution in [0.4, 0.5) is 0 Å². The summed E-state index contributed by atoms with van der Waals surface area (Å²) in [6, 6.07) is 6.40. The Balaban J connectivity index is 2.57. The van der Waals surface area contributed by atoms with Gasteiger partial charge in [0, 0.05) is 10.8 Å². The van der Waals surface area contributed by atoms with Gasteiger partial charge in [-0.25, -0.2) is 0 Å². The van der Waals surface area contributed by atoms with E-state index in [4.69, 9.17) is 0 Å². The van der Waals surface area contributed by atoms with E-state index in [1.54, 1.807) is 0 Å². The summed E-state index contributed by atoms with van der Waals surface area (Å²) in [4.78, 5) is 0. The third kappa shape index (κ3) is 2.00. The van der Waals surface area contributed by atoms with Gasteiger partial charge >= 0.3 is 0 Å². The maximum atomic E-state index is 11.6. The van der Waals surface area contributed by atoms with Gasteiger partial charge in [-0.15, -0.1) is 0 Å². The van der Waals surface area contributed by atoms with Crippen LogP contribution in [0.25, 0.3) is 0 Å². The first-order valence-electron chi connectivity index (χ1n) is 8.44. The third-order valence-corrected chi connectivity index (χ3v) is 5.98. The highest BCUT2D eigenvalue weighted by Gasteiger charge is 2.66. The molecule has 2 N–H and O–H groups in total.